The molecule has 1 atom stereocenters. The highest BCUT2D eigenvalue weighted by molar-refractivity contribution is 14.0. The van der Waals surface area contributed by atoms with Crippen LogP contribution < -0.4 is 5.32 Å². The normalized spacial score (nSPS) is 16.6. The first-order chi connectivity index (χ1) is 13.2. The molecule has 1 saturated heterocycles. The van der Waals surface area contributed by atoms with Gasteiger partial charge < -0.3 is 24.4 Å². The molecule has 0 aliphatic carbocycles. The minimum absolute atomic E-state index is 0. The van der Waals surface area contributed by atoms with E-state index < -0.39 is 0 Å². The Morgan fingerprint density at radius 3 is 2.64 bits per heavy atom. The molecular weight excluding hydrogens is 493 g/mol. The Bertz CT molecular complexity index is 584. The average Bonchev–Trinajstić information content (AvgIpc) is 2.69. The van der Waals surface area contributed by atoms with Crippen molar-refractivity contribution in [2.75, 3.05) is 54.1 Å². The van der Waals surface area contributed by atoms with Gasteiger partial charge in [-0.25, -0.2) is 0 Å². The first-order valence-electron chi connectivity index (χ1n) is 9.52. The summed E-state index contributed by atoms with van der Waals surface area (Å²) in [5, 5.41) is 4.15. The van der Waals surface area contributed by atoms with Crippen LogP contribution in [0.3, 0.4) is 0 Å². The van der Waals surface area contributed by atoms with Crippen molar-refractivity contribution in [3.63, 3.8) is 0 Å². The summed E-state index contributed by atoms with van der Waals surface area (Å²) >= 11 is 6.10. The van der Waals surface area contributed by atoms with E-state index in [-0.39, 0.29) is 30.1 Å². The molecule has 160 valence electrons. The fourth-order valence-electron chi connectivity index (χ4n) is 3.25. The first kappa shape index (κ1) is 25.4. The number of ether oxygens (including phenoxy) is 3. The number of piperidine rings is 1. The monoisotopic (exact) mass is 525 g/mol. The van der Waals surface area contributed by atoms with E-state index in [1.807, 2.05) is 31.3 Å². The number of rotatable bonds is 9. The van der Waals surface area contributed by atoms with E-state index in [1.165, 1.54) is 0 Å². The maximum absolute atomic E-state index is 6.10. The molecule has 1 unspecified atom stereocenters. The Hall–Kier alpha value is -0.610. The van der Waals surface area contributed by atoms with Crippen molar-refractivity contribution < 1.29 is 14.2 Å². The van der Waals surface area contributed by atoms with Crippen LogP contribution in [0.25, 0.3) is 0 Å². The molecule has 0 spiro atoms. The first-order valence-corrected chi connectivity index (χ1v) is 9.90. The highest BCUT2D eigenvalue weighted by Crippen LogP contribution is 2.20. The minimum atomic E-state index is -0.0814. The van der Waals surface area contributed by atoms with Crippen molar-refractivity contribution in [3.8, 4) is 0 Å². The number of hydrogen-bond acceptors (Lipinski definition) is 4. The molecule has 0 amide bonds. The molecule has 1 aliphatic heterocycles. The highest BCUT2D eigenvalue weighted by atomic mass is 127. The molecule has 6 nitrogen and oxygen atoms in total. The molecule has 1 aromatic rings. The molecule has 0 aromatic heterocycles. The van der Waals surface area contributed by atoms with Crippen LogP contribution in [0.1, 0.15) is 30.9 Å². The summed E-state index contributed by atoms with van der Waals surface area (Å²) in [4.78, 5) is 6.71. The lowest BCUT2D eigenvalue weighted by Gasteiger charge is -2.34. The summed E-state index contributed by atoms with van der Waals surface area (Å²) in [6, 6.07) is 7.77. The van der Waals surface area contributed by atoms with Crippen molar-refractivity contribution in [2.24, 2.45) is 4.99 Å². The average molecular weight is 526 g/mol. The number of likely N-dealkylation sites (tertiary alicyclic amines) is 1. The fraction of sp³-hybridized carbons (Fsp3) is 0.650. The number of halogens is 2. The summed E-state index contributed by atoms with van der Waals surface area (Å²) in [5.41, 5.74) is 1.05. The van der Waals surface area contributed by atoms with Crippen LogP contribution >= 0.6 is 35.6 Å². The predicted molar refractivity (Wildman–Crippen MR) is 125 cm³/mol. The van der Waals surface area contributed by atoms with Gasteiger partial charge in [-0.15, -0.1) is 24.0 Å². The number of nitrogens with one attached hydrogen (secondary N) is 1. The molecule has 1 heterocycles. The largest absolute Gasteiger partial charge is 0.385 e. The lowest BCUT2D eigenvalue weighted by Crippen LogP contribution is -2.48. The molecule has 0 saturated carbocycles. The highest BCUT2D eigenvalue weighted by Gasteiger charge is 2.22. The number of nitrogens with zero attached hydrogens (tertiary/aromatic N) is 2. The van der Waals surface area contributed by atoms with Gasteiger partial charge in [0.25, 0.3) is 0 Å². The van der Waals surface area contributed by atoms with E-state index in [0.717, 1.165) is 57.1 Å². The molecule has 1 fully saturated rings. The summed E-state index contributed by atoms with van der Waals surface area (Å²) < 4.78 is 16.6. The molecular formula is C20H33ClIN3O3. The van der Waals surface area contributed by atoms with Gasteiger partial charge >= 0.3 is 0 Å². The molecule has 1 aromatic carbocycles. The van der Waals surface area contributed by atoms with Gasteiger partial charge in [-0.2, -0.15) is 0 Å². The van der Waals surface area contributed by atoms with Crippen LogP contribution in [0.2, 0.25) is 5.02 Å². The van der Waals surface area contributed by atoms with Crippen LogP contribution in [0, 0.1) is 0 Å². The van der Waals surface area contributed by atoms with Gasteiger partial charge in [-0.3, -0.25) is 4.99 Å². The van der Waals surface area contributed by atoms with Gasteiger partial charge in [0.15, 0.2) is 5.96 Å². The van der Waals surface area contributed by atoms with Gasteiger partial charge in [0.2, 0.25) is 0 Å². The second kappa shape index (κ2) is 14.4. The Morgan fingerprint density at radius 1 is 1.29 bits per heavy atom. The smallest absolute Gasteiger partial charge is 0.193 e. The van der Waals surface area contributed by atoms with E-state index in [0.29, 0.717) is 17.7 Å². The molecule has 1 aliphatic rings. The lowest BCUT2D eigenvalue weighted by atomic mass is 10.1. The van der Waals surface area contributed by atoms with Crippen LogP contribution in [-0.2, 0) is 14.2 Å². The number of methoxy groups -OCH3 is 2. The minimum Gasteiger partial charge on any atom is -0.385 e. The number of benzene rings is 1. The third kappa shape index (κ3) is 8.41. The van der Waals surface area contributed by atoms with Gasteiger partial charge in [0.05, 0.1) is 12.2 Å². The summed E-state index contributed by atoms with van der Waals surface area (Å²) in [5.74, 6) is 0.900. The van der Waals surface area contributed by atoms with E-state index >= 15 is 0 Å². The standard InChI is InChI=1S/C20H32ClN3O3.HI/c1-22-20(23-15-19(26-3)16-6-4-7-17(21)14-16)24-10-8-18(9-11-24)27-13-5-12-25-2;/h4,6-7,14,18-19H,5,8-13,15H2,1-3H3,(H,22,23);1H. The second-order valence-corrected chi connectivity index (χ2v) is 7.05. The molecule has 0 bridgehead atoms. The lowest BCUT2D eigenvalue weighted by molar-refractivity contribution is 0.00974. The molecule has 8 heteroatoms. The molecule has 2 rings (SSSR count). The zero-order valence-corrected chi connectivity index (χ0v) is 20.1. The summed E-state index contributed by atoms with van der Waals surface area (Å²) in [7, 11) is 5.25. The summed E-state index contributed by atoms with van der Waals surface area (Å²) in [6.07, 6.45) is 3.21. The fourth-order valence-corrected chi connectivity index (χ4v) is 3.45. The third-order valence-corrected chi connectivity index (χ3v) is 4.99. The maximum Gasteiger partial charge on any atom is 0.193 e. The van der Waals surface area contributed by atoms with Gasteiger partial charge in [-0.05, 0) is 37.0 Å². The number of aliphatic imine (C=N–C) groups is 1. The Balaban J connectivity index is 0.00000392. The summed E-state index contributed by atoms with van der Waals surface area (Å²) in [6.45, 7) is 4.02. The molecule has 0 radical (unpaired) electrons. The van der Waals surface area contributed by atoms with E-state index in [1.54, 1.807) is 14.2 Å². The van der Waals surface area contributed by atoms with Crippen molar-refractivity contribution in [3.05, 3.63) is 34.9 Å². The Kier molecular flexibility index (Phi) is 13.1. The van der Waals surface area contributed by atoms with Crippen molar-refractivity contribution >= 4 is 41.5 Å². The SMILES string of the molecule is CN=C(NCC(OC)c1cccc(Cl)c1)N1CCC(OCCCOC)CC1.I. The molecule has 1 N–H and O–H groups in total. The second-order valence-electron chi connectivity index (χ2n) is 6.61. The van der Waals surface area contributed by atoms with E-state index in [2.05, 4.69) is 15.2 Å². The molecule has 28 heavy (non-hydrogen) atoms. The third-order valence-electron chi connectivity index (χ3n) is 4.75. The van der Waals surface area contributed by atoms with E-state index in [9.17, 15) is 0 Å². The van der Waals surface area contributed by atoms with Gasteiger partial charge in [0.1, 0.15) is 0 Å². The Labute approximate surface area is 191 Å². The maximum atomic E-state index is 6.10. The van der Waals surface area contributed by atoms with Crippen molar-refractivity contribution in [2.45, 2.75) is 31.5 Å². The van der Waals surface area contributed by atoms with Crippen molar-refractivity contribution in [1.29, 1.82) is 0 Å². The van der Waals surface area contributed by atoms with Gasteiger partial charge in [-0.1, -0.05) is 23.7 Å². The Morgan fingerprint density at radius 2 is 2.04 bits per heavy atom. The van der Waals surface area contributed by atoms with Crippen LogP contribution in [-0.4, -0.2) is 71.1 Å². The number of hydrogen-bond donors (Lipinski definition) is 1. The quantitative estimate of drug-likeness (QED) is 0.230. The van der Waals surface area contributed by atoms with Crippen LogP contribution in [0.5, 0.6) is 0 Å². The van der Waals surface area contributed by atoms with Gasteiger partial charge in [0, 0.05) is 59.1 Å². The zero-order valence-electron chi connectivity index (χ0n) is 17.0. The van der Waals surface area contributed by atoms with Crippen LogP contribution in [0.15, 0.2) is 29.3 Å². The zero-order chi connectivity index (χ0) is 19.5. The van der Waals surface area contributed by atoms with Crippen molar-refractivity contribution in [1.82, 2.24) is 10.2 Å². The van der Waals surface area contributed by atoms with E-state index in [4.69, 9.17) is 25.8 Å². The number of guanidine groups is 1. The predicted octanol–water partition coefficient (Wildman–Crippen LogP) is 3.74. The topological polar surface area (TPSA) is 55.3 Å². The van der Waals surface area contributed by atoms with Crippen LogP contribution in [0.4, 0.5) is 0 Å².